The molecule has 4 rings (SSSR count). The minimum atomic E-state index is -0.378. The van der Waals surface area contributed by atoms with Crippen molar-refractivity contribution < 1.29 is 9.32 Å². The van der Waals surface area contributed by atoms with Crippen molar-refractivity contribution in [3.05, 3.63) is 72.4 Å². The van der Waals surface area contributed by atoms with E-state index < -0.39 is 0 Å². The summed E-state index contributed by atoms with van der Waals surface area (Å²) in [5, 5.41) is 13.0. The summed E-state index contributed by atoms with van der Waals surface area (Å²) in [6.45, 7) is 0. The Kier molecular flexibility index (Phi) is 4.17. The molecular weight excluding hydrogens is 334 g/mol. The molecule has 0 unspecified atom stereocenters. The van der Waals surface area contributed by atoms with Crippen molar-refractivity contribution in [3.8, 4) is 11.4 Å². The third-order valence-corrected chi connectivity index (χ3v) is 3.63. The van der Waals surface area contributed by atoms with Crippen molar-refractivity contribution >= 4 is 11.6 Å². The van der Waals surface area contributed by atoms with Crippen molar-refractivity contribution in [2.24, 2.45) is 0 Å². The molecule has 4 aromatic rings. The highest BCUT2D eigenvalue weighted by atomic mass is 16.5. The fourth-order valence-electron chi connectivity index (χ4n) is 2.39. The van der Waals surface area contributed by atoms with Crippen LogP contribution in [-0.2, 0) is 6.42 Å². The van der Waals surface area contributed by atoms with Gasteiger partial charge in [0.2, 0.25) is 17.5 Å². The Balaban J connectivity index is 1.54. The molecule has 0 aliphatic rings. The first kappa shape index (κ1) is 15.6. The number of carbonyl (C=O) groups is 1. The van der Waals surface area contributed by atoms with E-state index in [1.807, 2.05) is 24.3 Å². The molecule has 0 aliphatic carbocycles. The lowest BCUT2D eigenvalue weighted by atomic mass is 10.1. The zero-order chi connectivity index (χ0) is 17.8. The van der Waals surface area contributed by atoms with Gasteiger partial charge in [-0.2, -0.15) is 10.1 Å². The molecule has 9 nitrogen and oxygen atoms in total. The van der Waals surface area contributed by atoms with Crippen LogP contribution in [0.15, 0.2) is 59.6 Å². The van der Waals surface area contributed by atoms with E-state index >= 15 is 0 Å². The maximum Gasteiger partial charge on any atom is 0.292 e. The highest BCUT2D eigenvalue weighted by Crippen LogP contribution is 2.21. The van der Waals surface area contributed by atoms with Gasteiger partial charge in [0.05, 0.1) is 6.42 Å². The van der Waals surface area contributed by atoms with Gasteiger partial charge in [-0.3, -0.25) is 14.9 Å². The first-order chi connectivity index (χ1) is 12.8. The summed E-state index contributed by atoms with van der Waals surface area (Å²) in [5.74, 6) is 0.662. The average Bonchev–Trinajstić information content (AvgIpc) is 3.36. The van der Waals surface area contributed by atoms with Crippen molar-refractivity contribution in [1.82, 2.24) is 30.3 Å². The van der Waals surface area contributed by atoms with Crippen LogP contribution in [-0.4, -0.2) is 36.2 Å². The van der Waals surface area contributed by atoms with Gasteiger partial charge in [0.1, 0.15) is 6.33 Å². The van der Waals surface area contributed by atoms with Gasteiger partial charge < -0.3 is 9.84 Å². The Morgan fingerprint density at radius 1 is 1.19 bits per heavy atom. The number of aromatic nitrogens is 6. The second kappa shape index (κ2) is 6.93. The number of hydrogen-bond donors (Lipinski definition) is 2. The van der Waals surface area contributed by atoms with Crippen LogP contribution >= 0.6 is 0 Å². The Hall–Kier alpha value is -3.88. The van der Waals surface area contributed by atoms with E-state index in [1.54, 1.807) is 24.5 Å². The molecule has 0 bridgehead atoms. The maximum atomic E-state index is 12.2. The van der Waals surface area contributed by atoms with Crippen LogP contribution in [0.2, 0.25) is 0 Å². The third-order valence-electron chi connectivity index (χ3n) is 3.63. The summed E-state index contributed by atoms with van der Waals surface area (Å²) in [6.07, 6.45) is 5.00. The van der Waals surface area contributed by atoms with Crippen LogP contribution in [0.25, 0.3) is 11.4 Å². The number of pyridine rings is 1. The number of nitrogens with one attached hydrogen (secondary N) is 2. The monoisotopic (exact) mass is 347 g/mol. The normalized spacial score (nSPS) is 10.6. The molecule has 128 valence electrons. The average molecular weight is 347 g/mol. The molecule has 26 heavy (non-hydrogen) atoms. The van der Waals surface area contributed by atoms with E-state index in [4.69, 9.17) is 4.52 Å². The van der Waals surface area contributed by atoms with Gasteiger partial charge >= 0.3 is 0 Å². The summed E-state index contributed by atoms with van der Waals surface area (Å²) in [4.78, 5) is 24.4. The fourth-order valence-corrected chi connectivity index (χ4v) is 2.39. The summed E-state index contributed by atoms with van der Waals surface area (Å²) in [5.41, 5.74) is 2.24. The number of benzene rings is 1. The quantitative estimate of drug-likeness (QED) is 0.566. The SMILES string of the molecule is O=C(Nc1ccccc1Cc1nc(-c2cccnc2)no1)c1ncn[nH]1. The second-order valence-electron chi connectivity index (χ2n) is 5.38. The van der Waals surface area contributed by atoms with E-state index in [2.05, 4.69) is 35.6 Å². The lowest BCUT2D eigenvalue weighted by Crippen LogP contribution is -2.15. The molecule has 2 N–H and O–H groups in total. The molecule has 1 aromatic carbocycles. The topological polar surface area (TPSA) is 122 Å². The van der Waals surface area contributed by atoms with Gasteiger partial charge in [0.25, 0.3) is 5.91 Å². The molecule has 0 saturated heterocycles. The van der Waals surface area contributed by atoms with Crippen LogP contribution in [0.1, 0.15) is 22.1 Å². The number of rotatable bonds is 5. The molecule has 0 atom stereocenters. The van der Waals surface area contributed by atoms with Crippen LogP contribution in [0.3, 0.4) is 0 Å². The predicted octanol–water partition coefficient (Wildman–Crippen LogP) is 2.09. The van der Waals surface area contributed by atoms with Gasteiger partial charge in [-0.05, 0) is 23.8 Å². The molecule has 0 spiro atoms. The summed E-state index contributed by atoms with van der Waals surface area (Å²) < 4.78 is 5.33. The molecule has 0 saturated carbocycles. The molecule has 3 aromatic heterocycles. The Morgan fingerprint density at radius 3 is 2.92 bits per heavy atom. The van der Waals surface area contributed by atoms with Gasteiger partial charge in [-0.25, -0.2) is 4.98 Å². The lowest BCUT2D eigenvalue weighted by molar-refractivity contribution is 0.101. The molecule has 3 heterocycles. The molecule has 0 aliphatic heterocycles. The van der Waals surface area contributed by atoms with E-state index in [1.165, 1.54) is 6.33 Å². The standard InChI is InChI=1S/C17H13N7O2/c25-17(16-19-10-20-23-16)21-13-6-2-1-4-11(13)8-14-22-15(24-26-14)12-5-3-7-18-9-12/h1-7,9-10H,8H2,(H,21,25)(H,19,20,23). The van der Waals surface area contributed by atoms with Crippen molar-refractivity contribution in [2.75, 3.05) is 5.32 Å². The number of hydrogen-bond acceptors (Lipinski definition) is 7. The zero-order valence-electron chi connectivity index (χ0n) is 13.5. The molecule has 0 radical (unpaired) electrons. The number of aromatic amines is 1. The minimum Gasteiger partial charge on any atom is -0.339 e. The maximum absolute atomic E-state index is 12.2. The third kappa shape index (κ3) is 3.31. The number of para-hydroxylation sites is 1. The van der Waals surface area contributed by atoms with Crippen molar-refractivity contribution in [1.29, 1.82) is 0 Å². The van der Waals surface area contributed by atoms with Crippen LogP contribution in [0.5, 0.6) is 0 Å². The van der Waals surface area contributed by atoms with Crippen LogP contribution in [0.4, 0.5) is 5.69 Å². The highest BCUT2D eigenvalue weighted by molar-refractivity contribution is 6.01. The van der Waals surface area contributed by atoms with Gasteiger partial charge in [-0.1, -0.05) is 23.4 Å². The van der Waals surface area contributed by atoms with Gasteiger partial charge in [0, 0.05) is 23.6 Å². The van der Waals surface area contributed by atoms with Crippen LogP contribution < -0.4 is 5.32 Å². The number of carbonyl (C=O) groups excluding carboxylic acids is 1. The highest BCUT2D eigenvalue weighted by Gasteiger charge is 2.14. The van der Waals surface area contributed by atoms with E-state index in [9.17, 15) is 4.79 Å². The van der Waals surface area contributed by atoms with Gasteiger partial charge in [0.15, 0.2) is 0 Å². The first-order valence-corrected chi connectivity index (χ1v) is 7.77. The molecule has 1 amide bonds. The summed E-state index contributed by atoms with van der Waals surface area (Å²) in [6, 6.07) is 11.0. The largest absolute Gasteiger partial charge is 0.339 e. The first-order valence-electron chi connectivity index (χ1n) is 7.77. The second-order valence-corrected chi connectivity index (χ2v) is 5.38. The Bertz CT molecular complexity index is 1010. The van der Waals surface area contributed by atoms with E-state index in [0.29, 0.717) is 23.8 Å². The molecular formula is C17H13N7O2. The number of nitrogens with zero attached hydrogens (tertiary/aromatic N) is 5. The lowest BCUT2D eigenvalue weighted by Gasteiger charge is -2.08. The molecule has 0 fully saturated rings. The number of anilines is 1. The minimum absolute atomic E-state index is 0.136. The van der Waals surface area contributed by atoms with Crippen LogP contribution in [0, 0.1) is 0 Å². The van der Waals surface area contributed by atoms with Crippen molar-refractivity contribution in [2.45, 2.75) is 6.42 Å². The number of amides is 1. The Morgan fingerprint density at radius 2 is 2.12 bits per heavy atom. The molecule has 9 heteroatoms. The summed E-state index contributed by atoms with van der Waals surface area (Å²) in [7, 11) is 0. The fraction of sp³-hybridized carbons (Fsp3) is 0.0588. The smallest absolute Gasteiger partial charge is 0.292 e. The number of H-pyrrole nitrogens is 1. The van der Waals surface area contributed by atoms with Crippen molar-refractivity contribution in [3.63, 3.8) is 0 Å². The zero-order valence-corrected chi connectivity index (χ0v) is 13.5. The predicted molar refractivity (Wildman–Crippen MR) is 91.1 cm³/mol. The van der Waals surface area contributed by atoms with E-state index in [-0.39, 0.29) is 11.7 Å². The Labute approximate surface area is 147 Å². The summed E-state index contributed by atoms with van der Waals surface area (Å²) >= 11 is 0. The van der Waals surface area contributed by atoms with E-state index in [0.717, 1.165) is 11.1 Å². The van der Waals surface area contributed by atoms with Gasteiger partial charge in [-0.15, -0.1) is 0 Å².